The van der Waals surface area contributed by atoms with E-state index >= 15 is 0 Å². The molecule has 0 atom stereocenters. The van der Waals surface area contributed by atoms with Crippen LogP contribution in [0.5, 0.6) is 5.75 Å². The average molecular weight is 357 g/mol. The Morgan fingerprint density at radius 2 is 2.30 bits per heavy atom. The van der Waals surface area contributed by atoms with Crippen molar-refractivity contribution in [2.24, 2.45) is 0 Å². The second-order valence-electron chi connectivity index (χ2n) is 4.44. The molecule has 0 spiro atoms. The molecule has 3 rings (SSSR count). The Bertz CT molecular complexity index is 668. The van der Waals surface area contributed by atoms with Crippen molar-refractivity contribution in [1.29, 1.82) is 0 Å². The van der Waals surface area contributed by atoms with Crippen molar-refractivity contribution in [2.45, 2.75) is 13.0 Å². The lowest BCUT2D eigenvalue weighted by Crippen LogP contribution is -2.22. The normalized spacial score (nSPS) is 12.9. The van der Waals surface area contributed by atoms with E-state index in [1.807, 2.05) is 12.1 Å². The lowest BCUT2D eigenvalue weighted by Gasteiger charge is -2.10. The van der Waals surface area contributed by atoms with Gasteiger partial charge in [-0.15, -0.1) is 0 Å². The van der Waals surface area contributed by atoms with Crippen LogP contribution in [-0.4, -0.2) is 12.5 Å². The Balaban J connectivity index is 1.76. The van der Waals surface area contributed by atoms with E-state index in [2.05, 4.69) is 21.2 Å². The van der Waals surface area contributed by atoms with Gasteiger partial charge in [0, 0.05) is 23.0 Å². The number of fused-ring (bicyclic) bond motifs is 1. The molecule has 1 aliphatic heterocycles. The van der Waals surface area contributed by atoms with Crippen molar-refractivity contribution in [3.8, 4) is 5.75 Å². The van der Waals surface area contributed by atoms with Crippen molar-refractivity contribution in [3.63, 3.8) is 0 Å². The summed E-state index contributed by atoms with van der Waals surface area (Å²) in [5, 5.41) is 2.91. The highest BCUT2D eigenvalue weighted by Crippen LogP contribution is 2.33. The van der Waals surface area contributed by atoms with Crippen LogP contribution in [0.4, 0.5) is 0 Å². The zero-order valence-corrected chi connectivity index (χ0v) is 12.8. The number of halogens is 2. The molecule has 2 aromatic rings. The van der Waals surface area contributed by atoms with Crippen molar-refractivity contribution in [3.05, 3.63) is 50.8 Å². The fraction of sp³-hybridized carbons (Fsp3) is 0.214. The lowest BCUT2D eigenvalue weighted by atomic mass is 10.1. The number of benzene rings is 1. The molecule has 0 aliphatic carbocycles. The van der Waals surface area contributed by atoms with Crippen LogP contribution in [0.2, 0.25) is 5.22 Å². The third-order valence-corrected chi connectivity index (χ3v) is 3.88. The number of carbonyl (C=O) groups is 1. The monoisotopic (exact) mass is 355 g/mol. The number of amides is 1. The maximum atomic E-state index is 12.0. The van der Waals surface area contributed by atoms with Gasteiger partial charge in [-0.25, -0.2) is 0 Å². The van der Waals surface area contributed by atoms with Crippen LogP contribution in [0.3, 0.4) is 0 Å². The summed E-state index contributed by atoms with van der Waals surface area (Å²) in [5.41, 5.74) is 2.43. The van der Waals surface area contributed by atoms with Gasteiger partial charge in [0.25, 0.3) is 5.91 Å². The van der Waals surface area contributed by atoms with Gasteiger partial charge >= 0.3 is 0 Å². The van der Waals surface area contributed by atoms with Gasteiger partial charge in [0.05, 0.1) is 18.4 Å². The molecule has 0 saturated carbocycles. The van der Waals surface area contributed by atoms with Crippen LogP contribution < -0.4 is 10.1 Å². The van der Waals surface area contributed by atoms with Gasteiger partial charge in [0.2, 0.25) is 5.22 Å². The summed E-state index contributed by atoms with van der Waals surface area (Å²) in [6.45, 7) is 1.06. The Morgan fingerprint density at radius 1 is 1.45 bits per heavy atom. The van der Waals surface area contributed by atoms with Crippen molar-refractivity contribution in [1.82, 2.24) is 5.32 Å². The predicted octanol–water partition coefficient (Wildman–Crippen LogP) is 3.56. The molecular formula is C14H11BrClNO3. The van der Waals surface area contributed by atoms with Gasteiger partial charge in [-0.1, -0.05) is 15.9 Å². The summed E-state index contributed by atoms with van der Waals surface area (Å²) in [6.07, 6.45) is 2.28. The van der Waals surface area contributed by atoms with Gasteiger partial charge < -0.3 is 14.5 Å². The van der Waals surface area contributed by atoms with E-state index in [9.17, 15) is 4.79 Å². The fourth-order valence-electron chi connectivity index (χ4n) is 2.20. The number of nitrogens with one attached hydrogen (secondary N) is 1. The third kappa shape index (κ3) is 2.55. The number of hydrogen-bond donors (Lipinski definition) is 1. The van der Waals surface area contributed by atoms with Crippen molar-refractivity contribution >= 4 is 33.4 Å². The molecule has 1 N–H and O–H groups in total. The summed E-state index contributed by atoms with van der Waals surface area (Å²) in [7, 11) is 0. The highest BCUT2D eigenvalue weighted by Gasteiger charge is 2.19. The standard InChI is InChI=1S/C14H11BrClNO3/c15-10-5-8-1-3-19-12(8)9(6-10)7-17-14(18)11-2-4-20-13(11)16/h2,4-6H,1,3,7H2,(H,17,18). The van der Waals surface area contributed by atoms with E-state index in [1.165, 1.54) is 6.26 Å². The van der Waals surface area contributed by atoms with E-state index in [0.29, 0.717) is 18.7 Å². The molecule has 0 fully saturated rings. The molecule has 0 unspecified atom stereocenters. The minimum Gasteiger partial charge on any atom is -0.493 e. The SMILES string of the molecule is O=C(NCc1cc(Br)cc2c1OCC2)c1ccoc1Cl. The molecule has 104 valence electrons. The molecule has 2 heterocycles. The second-order valence-corrected chi connectivity index (χ2v) is 5.70. The van der Waals surface area contributed by atoms with E-state index < -0.39 is 0 Å². The molecule has 0 radical (unpaired) electrons. The molecule has 1 amide bonds. The first kappa shape index (κ1) is 13.5. The maximum Gasteiger partial charge on any atom is 0.256 e. The Kier molecular flexibility index (Phi) is 3.72. The summed E-state index contributed by atoms with van der Waals surface area (Å²) in [6, 6.07) is 5.53. The average Bonchev–Trinajstić information content (AvgIpc) is 3.03. The fourth-order valence-corrected chi connectivity index (χ4v) is 2.96. The quantitative estimate of drug-likeness (QED) is 0.915. The first-order chi connectivity index (χ1) is 9.65. The van der Waals surface area contributed by atoms with Crippen LogP contribution in [0.25, 0.3) is 0 Å². The second kappa shape index (κ2) is 5.50. The van der Waals surface area contributed by atoms with Crippen LogP contribution >= 0.6 is 27.5 Å². The van der Waals surface area contributed by atoms with E-state index in [-0.39, 0.29) is 11.1 Å². The van der Waals surface area contributed by atoms with Crippen LogP contribution in [0, 0.1) is 0 Å². The molecule has 1 aliphatic rings. The molecule has 1 aromatic carbocycles. The number of rotatable bonds is 3. The zero-order valence-electron chi connectivity index (χ0n) is 10.4. The van der Waals surface area contributed by atoms with E-state index in [4.69, 9.17) is 20.8 Å². The molecule has 4 nitrogen and oxygen atoms in total. The Morgan fingerprint density at radius 3 is 3.05 bits per heavy atom. The van der Waals surface area contributed by atoms with Gasteiger partial charge in [0.15, 0.2) is 0 Å². The van der Waals surface area contributed by atoms with Crippen molar-refractivity contribution < 1.29 is 13.9 Å². The highest BCUT2D eigenvalue weighted by molar-refractivity contribution is 9.10. The van der Waals surface area contributed by atoms with Gasteiger partial charge in [0.1, 0.15) is 5.75 Å². The largest absolute Gasteiger partial charge is 0.493 e. The van der Waals surface area contributed by atoms with Crippen LogP contribution in [0.1, 0.15) is 21.5 Å². The zero-order chi connectivity index (χ0) is 14.1. The number of furan rings is 1. The maximum absolute atomic E-state index is 12.0. The van der Waals surface area contributed by atoms with E-state index in [0.717, 1.165) is 27.8 Å². The van der Waals surface area contributed by atoms with Gasteiger partial charge in [-0.2, -0.15) is 0 Å². The topological polar surface area (TPSA) is 51.5 Å². The molecule has 6 heteroatoms. The number of carbonyl (C=O) groups excluding carboxylic acids is 1. The van der Waals surface area contributed by atoms with Crippen LogP contribution in [-0.2, 0) is 13.0 Å². The molecule has 0 saturated heterocycles. The first-order valence-corrected chi connectivity index (χ1v) is 7.27. The molecule has 1 aromatic heterocycles. The third-order valence-electron chi connectivity index (χ3n) is 3.13. The molecule has 0 bridgehead atoms. The van der Waals surface area contributed by atoms with E-state index in [1.54, 1.807) is 6.07 Å². The summed E-state index contributed by atoms with van der Waals surface area (Å²) in [4.78, 5) is 12.0. The minimum atomic E-state index is -0.268. The van der Waals surface area contributed by atoms with Crippen LogP contribution in [0.15, 0.2) is 33.4 Å². The first-order valence-electron chi connectivity index (χ1n) is 6.10. The lowest BCUT2D eigenvalue weighted by molar-refractivity contribution is 0.0950. The molecule has 20 heavy (non-hydrogen) atoms. The minimum absolute atomic E-state index is 0.0956. The summed E-state index contributed by atoms with van der Waals surface area (Å²) >= 11 is 9.24. The highest BCUT2D eigenvalue weighted by atomic mass is 79.9. The smallest absolute Gasteiger partial charge is 0.256 e. The predicted molar refractivity (Wildman–Crippen MR) is 78.2 cm³/mol. The summed E-state index contributed by atoms with van der Waals surface area (Å²) in [5.74, 6) is 0.599. The number of ether oxygens (including phenoxy) is 1. The Labute approximate surface area is 129 Å². The Hall–Kier alpha value is -1.46. The van der Waals surface area contributed by atoms with Gasteiger partial charge in [-0.3, -0.25) is 4.79 Å². The molecular weight excluding hydrogens is 346 g/mol. The van der Waals surface area contributed by atoms with Crippen molar-refractivity contribution in [2.75, 3.05) is 6.61 Å². The number of hydrogen-bond acceptors (Lipinski definition) is 3. The summed E-state index contributed by atoms with van der Waals surface area (Å²) < 4.78 is 11.5. The van der Waals surface area contributed by atoms with Gasteiger partial charge in [-0.05, 0) is 35.4 Å².